The maximum atomic E-state index is 12.6. The summed E-state index contributed by atoms with van der Waals surface area (Å²) in [7, 11) is 1.80. The van der Waals surface area contributed by atoms with Crippen LogP contribution in [0, 0.1) is 0 Å². The number of carbonyl (C=O) groups excluding carboxylic acids is 1. The zero-order valence-electron chi connectivity index (χ0n) is 11.9. The maximum absolute atomic E-state index is 12.6. The van der Waals surface area contributed by atoms with Crippen molar-refractivity contribution in [2.24, 2.45) is 7.05 Å². The third kappa shape index (κ3) is 4.03. The molecule has 0 radical (unpaired) electrons. The topological polar surface area (TPSA) is 46.9 Å². The molecule has 1 amide bonds. The number of thioether (sulfide) groups is 1. The average molecular weight is 329 g/mol. The summed E-state index contributed by atoms with van der Waals surface area (Å²) in [5, 5.41) is 2.66. The van der Waals surface area contributed by atoms with E-state index in [1.165, 1.54) is 23.9 Å². The summed E-state index contributed by atoms with van der Waals surface area (Å²) >= 11 is 1.23. The van der Waals surface area contributed by atoms with Crippen LogP contribution < -0.4 is 5.32 Å². The Morgan fingerprint density at radius 2 is 2.14 bits per heavy atom. The van der Waals surface area contributed by atoms with Gasteiger partial charge in [0, 0.05) is 25.1 Å². The molecule has 22 heavy (non-hydrogen) atoms. The molecular formula is C14H14F3N3OS. The first-order chi connectivity index (χ1) is 10.3. The maximum Gasteiger partial charge on any atom is 0.416 e. The molecule has 1 aromatic carbocycles. The fourth-order valence-corrected chi connectivity index (χ4v) is 2.53. The van der Waals surface area contributed by atoms with Crippen molar-refractivity contribution in [2.45, 2.75) is 23.5 Å². The van der Waals surface area contributed by atoms with E-state index in [-0.39, 0.29) is 11.6 Å². The minimum absolute atomic E-state index is 0.118. The van der Waals surface area contributed by atoms with Gasteiger partial charge in [0.2, 0.25) is 5.91 Å². The summed E-state index contributed by atoms with van der Waals surface area (Å²) in [6.45, 7) is 1.67. The summed E-state index contributed by atoms with van der Waals surface area (Å²) in [6.07, 6.45) is -1.08. The van der Waals surface area contributed by atoms with Gasteiger partial charge in [-0.25, -0.2) is 4.98 Å². The molecule has 0 spiro atoms. The molecule has 0 saturated carbocycles. The van der Waals surface area contributed by atoms with Crippen molar-refractivity contribution in [1.82, 2.24) is 9.55 Å². The smallest absolute Gasteiger partial charge is 0.329 e. The van der Waals surface area contributed by atoms with E-state index in [2.05, 4.69) is 10.3 Å². The molecule has 0 aliphatic heterocycles. The summed E-state index contributed by atoms with van der Waals surface area (Å²) < 4.78 is 39.7. The van der Waals surface area contributed by atoms with E-state index in [1.54, 1.807) is 30.9 Å². The Labute approximate surface area is 129 Å². The molecule has 0 aliphatic rings. The van der Waals surface area contributed by atoms with Crippen LogP contribution >= 0.6 is 11.8 Å². The number of aromatic nitrogens is 2. The number of alkyl halides is 3. The van der Waals surface area contributed by atoms with E-state index in [9.17, 15) is 18.0 Å². The molecule has 1 N–H and O–H groups in total. The minimum atomic E-state index is -4.44. The molecule has 1 aromatic heterocycles. The van der Waals surface area contributed by atoms with Gasteiger partial charge in [-0.15, -0.1) is 0 Å². The Morgan fingerprint density at radius 3 is 2.73 bits per heavy atom. The molecule has 4 nitrogen and oxygen atoms in total. The van der Waals surface area contributed by atoms with Gasteiger partial charge < -0.3 is 9.88 Å². The third-order valence-electron chi connectivity index (χ3n) is 2.89. The number of nitrogens with one attached hydrogen (secondary N) is 1. The number of rotatable bonds is 4. The highest BCUT2D eigenvalue weighted by molar-refractivity contribution is 8.00. The predicted molar refractivity (Wildman–Crippen MR) is 78.6 cm³/mol. The normalized spacial score (nSPS) is 13.0. The lowest BCUT2D eigenvalue weighted by Gasteiger charge is -2.13. The van der Waals surface area contributed by atoms with Gasteiger partial charge in [-0.1, -0.05) is 17.8 Å². The monoisotopic (exact) mass is 329 g/mol. The molecule has 1 unspecified atom stereocenters. The van der Waals surface area contributed by atoms with Crippen LogP contribution in [0.1, 0.15) is 12.5 Å². The summed E-state index contributed by atoms with van der Waals surface area (Å²) in [5.74, 6) is -0.382. The minimum Gasteiger partial charge on any atom is -0.329 e. The summed E-state index contributed by atoms with van der Waals surface area (Å²) in [5.41, 5.74) is -0.679. The van der Waals surface area contributed by atoms with Crippen molar-refractivity contribution in [3.05, 3.63) is 42.2 Å². The fourth-order valence-electron chi connectivity index (χ4n) is 1.69. The largest absolute Gasteiger partial charge is 0.416 e. The number of anilines is 1. The number of nitrogens with zero attached hydrogens (tertiary/aromatic N) is 2. The van der Waals surface area contributed by atoms with Gasteiger partial charge in [-0.3, -0.25) is 4.79 Å². The van der Waals surface area contributed by atoms with E-state index in [0.29, 0.717) is 5.16 Å². The van der Waals surface area contributed by atoms with Gasteiger partial charge in [-0.2, -0.15) is 13.2 Å². The van der Waals surface area contributed by atoms with Gasteiger partial charge in [-0.05, 0) is 25.1 Å². The average Bonchev–Trinajstić information content (AvgIpc) is 2.83. The van der Waals surface area contributed by atoms with Crippen molar-refractivity contribution in [1.29, 1.82) is 0 Å². The van der Waals surface area contributed by atoms with Gasteiger partial charge >= 0.3 is 6.18 Å². The van der Waals surface area contributed by atoms with Crippen LogP contribution in [-0.2, 0) is 18.0 Å². The van der Waals surface area contributed by atoms with Crippen LogP contribution in [0.25, 0.3) is 0 Å². The van der Waals surface area contributed by atoms with Gasteiger partial charge in [0.25, 0.3) is 0 Å². The van der Waals surface area contributed by atoms with E-state index in [1.807, 2.05) is 0 Å². The van der Waals surface area contributed by atoms with Crippen LogP contribution in [-0.4, -0.2) is 20.7 Å². The lowest BCUT2D eigenvalue weighted by molar-refractivity contribution is -0.137. The highest BCUT2D eigenvalue weighted by Gasteiger charge is 2.30. The highest BCUT2D eigenvalue weighted by Crippen LogP contribution is 2.31. The number of imidazole rings is 1. The summed E-state index contributed by atoms with van der Waals surface area (Å²) in [6, 6.07) is 4.55. The Bertz CT molecular complexity index is 669. The van der Waals surface area contributed by atoms with Crippen molar-refractivity contribution in [3.8, 4) is 0 Å². The van der Waals surface area contributed by atoms with Crippen molar-refractivity contribution in [3.63, 3.8) is 0 Å². The van der Waals surface area contributed by atoms with E-state index in [4.69, 9.17) is 0 Å². The van der Waals surface area contributed by atoms with Crippen molar-refractivity contribution >= 4 is 23.4 Å². The van der Waals surface area contributed by atoms with E-state index in [0.717, 1.165) is 12.1 Å². The standard InChI is InChI=1S/C14H14F3N3OS/c1-9(22-13-18-6-7-20(13)2)12(21)19-11-5-3-4-10(8-11)14(15,16)17/h3-9H,1-2H3,(H,19,21). The Hall–Kier alpha value is -1.96. The summed E-state index contributed by atoms with van der Waals surface area (Å²) in [4.78, 5) is 16.1. The first kappa shape index (κ1) is 16.4. The predicted octanol–water partition coefficient (Wildman–Crippen LogP) is 3.56. The Balaban J connectivity index is 2.04. The molecule has 2 rings (SSSR count). The van der Waals surface area contributed by atoms with Crippen LogP contribution in [0.3, 0.4) is 0 Å². The van der Waals surface area contributed by atoms with Crippen LogP contribution in [0.4, 0.5) is 18.9 Å². The molecule has 0 aliphatic carbocycles. The van der Waals surface area contributed by atoms with E-state index >= 15 is 0 Å². The fraction of sp³-hybridized carbons (Fsp3) is 0.286. The highest BCUT2D eigenvalue weighted by atomic mass is 32.2. The number of amides is 1. The second-order valence-electron chi connectivity index (χ2n) is 4.65. The third-order valence-corrected chi connectivity index (χ3v) is 4.06. The van der Waals surface area contributed by atoms with Gasteiger partial charge in [0.05, 0.1) is 10.8 Å². The van der Waals surface area contributed by atoms with Gasteiger partial charge in [0.15, 0.2) is 5.16 Å². The van der Waals surface area contributed by atoms with Crippen LogP contribution in [0.2, 0.25) is 0 Å². The zero-order valence-corrected chi connectivity index (χ0v) is 12.7. The van der Waals surface area contributed by atoms with Crippen molar-refractivity contribution in [2.75, 3.05) is 5.32 Å². The molecule has 118 valence electrons. The van der Waals surface area contributed by atoms with Crippen LogP contribution in [0.15, 0.2) is 41.8 Å². The van der Waals surface area contributed by atoms with Gasteiger partial charge in [0.1, 0.15) is 0 Å². The lowest BCUT2D eigenvalue weighted by atomic mass is 10.2. The SMILES string of the molecule is CC(Sc1nccn1C)C(=O)Nc1cccc(C(F)(F)F)c1. The lowest BCUT2D eigenvalue weighted by Crippen LogP contribution is -2.23. The first-order valence-electron chi connectivity index (χ1n) is 6.39. The number of hydrogen-bond donors (Lipinski definition) is 1. The van der Waals surface area contributed by atoms with E-state index < -0.39 is 17.0 Å². The second kappa shape index (κ2) is 6.43. The molecule has 8 heteroatoms. The second-order valence-corrected chi connectivity index (χ2v) is 5.96. The molecule has 1 atom stereocenters. The molecule has 0 fully saturated rings. The zero-order chi connectivity index (χ0) is 16.3. The Kier molecular flexibility index (Phi) is 4.80. The van der Waals surface area contributed by atoms with Crippen molar-refractivity contribution < 1.29 is 18.0 Å². The molecule has 0 bridgehead atoms. The number of carbonyl (C=O) groups is 1. The Morgan fingerprint density at radius 1 is 1.41 bits per heavy atom. The number of aryl methyl sites for hydroxylation is 1. The molecule has 0 saturated heterocycles. The molecule has 1 heterocycles. The number of halogens is 3. The number of hydrogen-bond acceptors (Lipinski definition) is 3. The molecule has 2 aromatic rings. The molecular weight excluding hydrogens is 315 g/mol. The number of benzene rings is 1. The van der Waals surface area contributed by atoms with Crippen LogP contribution in [0.5, 0.6) is 0 Å². The first-order valence-corrected chi connectivity index (χ1v) is 7.27. The quantitative estimate of drug-likeness (QED) is 0.873.